The summed E-state index contributed by atoms with van der Waals surface area (Å²) in [6.07, 6.45) is -5.29. The first-order valence-corrected chi connectivity index (χ1v) is 8.26. The maximum atomic E-state index is 10.3. The Labute approximate surface area is 148 Å². The van der Waals surface area contributed by atoms with E-state index in [0.717, 1.165) is 0 Å². The van der Waals surface area contributed by atoms with Crippen molar-refractivity contribution in [3.63, 3.8) is 0 Å². The molecular weight excluding hydrogens is 336 g/mol. The van der Waals surface area contributed by atoms with E-state index >= 15 is 0 Å². The molecule has 148 valence electrons. The number of aliphatic hydroxyl groups excluding tert-OH is 1. The Morgan fingerprint density at radius 1 is 0.760 bits per heavy atom. The van der Waals surface area contributed by atoms with E-state index in [4.69, 9.17) is 37.9 Å². The van der Waals surface area contributed by atoms with Crippen LogP contribution in [0.5, 0.6) is 0 Å². The van der Waals surface area contributed by atoms with Gasteiger partial charge in [0.2, 0.25) is 0 Å². The maximum absolute atomic E-state index is 10.3. The van der Waals surface area contributed by atoms with E-state index in [1.54, 1.807) is 21.1 Å². The molecule has 0 unspecified atom stereocenters. The van der Waals surface area contributed by atoms with Crippen molar-refractivity contribution in [3.05, 3.63) is 0 Å². The van der Waals surface area contributed by atoms with Crippen LogP contribution in [0.4, 0.5) is 0 Å². The zero-order valence-electron chi connectivity index (χ0n) is 15.6. The number of ether oxygens (including phenoxy) is 8. The summed E-state index contributed by atoms with van der Waals surface area (Å²) < 4.78 is 44.8. The molecule has 0 spiro atoms. The van der Waals surface area contributed by atoms with Gasteiger partial charge in [-0.3, -0.25) is 0 Å². The van der Waals surface area contributed by atoms with E-state index < -0.39 is 49.2 Å². The number of methoxy groups -OCH3 is 5. The fourth-order valence-electron chi connectivity index (χ4n) is 3.33. The zero-order chi connectivity index (χ0) is 18.6. The Bertz CT molecular complexity index is 396. The lowest BCUT2D eigenvalue weighted by Crippen LogP contribution is -2.63. The van der Waals surface area contributed by atoms with Crippen molar-refractivity contribution in [2.45, 2.75) is 62.2 Å². The minimum absolute atomic E-state index is 0.287. The van der Waals surface area contributed by atoms with Gasteiger partial charge in [-0.1, -0.05) is 0 Å². The van der Waals surface area contributed by atoms with Gasteiger partial charge in [-0.15, -0.1) is 0 Å². The van der Waals surface area contributed by atoms with Crippen LogP contribution in [0.15, 0.2) is 0 Å². The average molecular weight is 366 g/mol. The maximum Gasteiger partial charge on any atom is 0.187 e. The topological polar surface area (TPSA) is 94.1 Å². The SMILES string of the molecule is CO[C@@H]1OC[C@@H](OC)[C@H](O[C@@H]2O[C@@H](C)[C@@H](O)[C@@H](OC)[C@@H]2OC)[C@H]1OC. The summed E-state index contributed by atoms with van der Waals surface area (Å²) in [7, 11) is 7.69. The molecular formula is C16H30O9. The molecule has 0 radical (unpaired) electrons. The normalized spacial score (nSPS) is 45.5. The van der Waals surface area contributed by atoms with Crippen molar-refractivity contribution in [1.29, 1.82) is 0 Å². The molecule has 25 heavy (non-hydrogen) atoms. The summed E-state index contributed by atoms with van der Waals surface area (Å²) in [6, 6.07) is 0. The van der Waals surface area contributed by atoms with Crippen molar-refractivity contribution >= 4 is 0 Å². The van der Waals surface area contributed by atoms with Crippen LogP contribution in [0.3, 0.4) is 0 Å². The van der Waals surface area contributed by atoms with Crippen LogP contribution in [0.1, 0.15) is 6.92 Å². The molecule has 0 aliphatic carbocycles. The summed E-state index contributed by atoms with van der Waals surface area (Å²) >= 11 is 0. The Morgan fingerprint density at radius 2 is 1.36 bits per heavy atom. The van der Waals surface area contributed by atoms with Crippen LogP contribution in [0.25, 0.3) is 0 Å². The minimum atomic E-state index is -0.826. The van der Waals surface area contributed by atoms with Crippen LogP contribution in [0.2, 0.25) is 0 Å². The Morgan fingerprint density at radius 3 is 1.88 bits per heavy atom. The average Bonchev–Trinajstić information content (AvgIpc) is 2.63. The third-order valence-electron chi connectivity index (χ3n) is 4.78. The second-order valence-corrected chi connectivity index (χ2v) is 6.11. The molecule has 2 heterocycles. The van der Waals surface area contributed by atoms with Crippen molar-refractivity contribution in [2.75, 3.05) is 42.2 Å². The first-order chi connectivity index (χ1) is 12.0. The van der Waals surface area contributed by atoms with Gasteiger partial charge in [-0.2, -0.15) is 0 Å². The van der Waals surface area contributed by atoms with Gasteiger partial charge in [0.1, 0.15) is 36.6 Å². The van der Waals surface area contributed by atoms with Gasteiger partial charge in [0.15, 0.2) is 12.6 Å². The monoisotopic (exact) mass is 366 g/mol. The summed E-state index contributed by atoms with van der Waals surface area (Å²) in [5.74, 6) is 0. The largest absolute Gasteiger partial charge is 0.388 e. The molecule has 9 heteroatoms. The summed E-state index contributed by atoms with van der Waals surface area (Å²) in [4.78, 5) is 0. The van der Waals surface area contributed by atoms with Crippen LogP contribution >= 0.6 is 0 Å². The van der Waals surface area contributed by atoms with Gasteiger partial charge < -0.3 is 43.0 Å². The predicted octanol–water partition coefficient (Wildman–Crippen LogP) is -0.460. The summed E-state index contributed by atoms with van der Waals surface area (Å²) in [6.45, 7) is 2.04. The van der Waals surface area contributed by atoms with Crippen LogP contribution in [0, 0.1) is 0 Å². The van der Waals surface area contributed by atoms with Crippen molar-refractivity contribution in [1.82, 2.24) is 0 Å². The highest BCUT2D eigenvalue weighted by atomic mass is 16.7. The van der Waals surface area contributed by atoms with Crippen LogP contribution in [-0.2, 0) is 37.9 Å². The Balaban J connectivity index is 2.20. The molecule has 0 aromatic heterocycles. The van der Waals surface area contributed by atoms with E-state index in [1.807, 2.05) is 0 Å². The highest BCUT2D eigenvalue weighted by Gasteiger charge is 2.49. The van der Waals surface area contributed by atoms with Gasteiger partial charge in [-0.25, -0.2) is 0 Å². The van der Waals surface area contributed by atoms with E-state index in [9.17, 15) is 5.11 Å². The predicted molar refractivity (Wildman–Crippen MR) is 85.2 cm³/mol. The van der Waals surface area contributed by atoms with Gasteiger partial charge in [0.05, 0.1) is 12.7 Å². The lowest BCUT2D eigenvalue weighted by Gasteiger charge is -2.46. The first-order valence-electron chi connectivity index (χ1n) is 8.26. The molecule has 1 N–H and O–H groups in total. The fraction of sp³-hybridized carbons (Fsp3) is 1.00. The lowest BCUT2D eigenvalue weighted by atomic mass is 9.98. The molecule has 2 aliphatic rings. The number of hydrogen-bond acceptors (Lipinski definition) is 9. The minimum Gasteiger partial charge on any atom is -0.388 e. The smallest absolute Gasteiger partial charge is 0.187 e. The van der Waals surface area contributed by atoms with E-state index in [2.05, 4.69) is 0 Å². The molecule has 2 fully saturated rings. The van der Waals surface area contributed by atoms with E-state index in [1.165, 1.54) is 21.3 Å². The second-order valence-electron chi connectivity index (χ2n) is 6.11. The van der Waals surface area contributed by atoms with Crippen molar-refractivity contribution in [3.8, 4) is 0 Å². The molecule has 9 atom stereocenters. The quantitative estimate of drug-likeness (QED) is 0.642. The Hall–Kier alpha value is -0.360. The molecule has 2 aliphatic heterocycles. The van der Waals surface area contributed by atoms with Gasteiger partial charge in [-0.05, 0) is 6.92 Å². The lowest BCUT2D eigenvalue weighted by molar-refractivity contribution is -0.350. The van der Waals surface area contributed by atoms with Crippen LogP contribution < -0.4 is 0 Å². The molecule has 0 saturated carbocycles. The molecule has 0 amide bonds. The third-order valence-corrected chi connectivity index (χ3v) is 4.78. The molecule has 2 rings (SSSR count). The Kier molecular flexibility index (Phi) is 7.99. The van der Waals surface area contributed by atoms with Crippen molar-refractivity contribution < 1.29 is 43.0 Å². The summed E-state index contributed by atoms with van der Waals surface area (Å²) in [5, 5.41) is 10.3. The molecule has 0 aromatic carbocycles. The second kappa shape index (κ2) is 9.54. The van der Waals surface area contributed by atoms with Gasteiger partial charge in [0.25, 0.3) is 0 Å². The number of aliphatic hydroxyl groups is 1. The third kappa shape index (κ3) is 4.32. The van der Waals surface area contributed by atoms with Gasteiger partial charge in [0, 0.05) is 35.5 Å². The highest BCUT2D eigenvalue weighted by molar-refractivity contribution is 4.92. The molecule has 0 aromatic rings. The number of rotatable bonds is 7. The van der Waals surface area contributed by atoms with Crippen LogP contribution in [-0.4, -0.2) is 103 Å². The van der Waals surface area contributed by atoms with Gasteiger partial charge >= 0.3 is 0 Å². The zero-order valence-corrected chi connectivity index (χ0v) is 15.6. The van der Waals surface area contributed by atoms with E-state index in [0.29, 0.717) is 0 Å². The number of hydrogen-bond donors (Lipinski definition) is 1. The first kappa shape index (κ1) is 20.9. The summed E-state index contributed by atoms with van der Waals surface area (Å²) in [5.41, 5.74) is 0. The molecule has 0 bridgehead atoms. The standard InChI is InChI=1S/C16H30O9/c1-8-10(17)12(19-3)14(21-5)16(24-8)25-11-9(18-2)7-23-15(22-6)13(11)20-4/h8-17H,7H2,1-6H3/t8-,9+,10+,11-,12+,13+,14-,15+,16-/m0/s1. The van der Waals surface area contributed by atoms with E-state index in [-0.39, 0.29) is 12.7 Å². The molecule has 9 nitrogen and oxygen atoms in total. The van der Waals surface area contributed by atoms with Crippen molar-refractivity contribution in [2.24, 2.45) is 0 Å². The molecule has 2 saturated heterocycles. The highest BCUT2D eigenvalue weighted by Crippen LogP contribution is 2.30. The fourth-order valence-corrected chi connectivity index (χ4v) is 3.33.